The van der Waals surface area contributed by atoms with E-state index in [-0.39, 0.29) is 0 Å². The highest BCUT2D eigenvalue weighted by atomic mass is 14.7. The van der Waals surface area contributed by atoms with Crippen molar-refractivity contribution in [3.63, 3.8) is 0 Å². The number of rotatable bonds is 6. The van der Waals surface area contributed by atoms with Gasteiger partial charge in [-0.1, -0.05) is 160 Å². The summed E-state index contributed by atoms with van der Waals surface area (Å²) in [6.07, 6.45) is 7.22. The lowest BCUT2D eigenvalue weighted by atomic mass is 9.84. The molecule has 0 bridgehead atoms. The summed E-state index contributed by atoms with van der Waals surface area (Å²) in [6.45, 7) is 10.5. The molecule has 8 rings (SSSR count). The summed E-state index contributed by atoms with van der Waals surface area (Å²) in [5.74, 6) is 0. The molecule has 0 aliphatic heterocycles. The average Bonchev–Trinajstić information content (AvgIpc) is 3.18. The predicted octanol–water partition coefficient (Wildman–Crippen LogP) is 14.1. The molecule has 0 saturated heterocycles. The third kappa shape index (κ3) is 5.80. The number of benzene rings is 7. The monoisotopic (exact) mass is 645 g/mol. The Balaban J connectivity index is 0.00000193. The van der Waals surface area contributed by atoms with E-state index in [4.69, 9.17) is 4.98 Å². The fourth-order valence-electron chi connectivity index (χ4n) is 7.50. The number of aryl methyl sites for hydroxylation is 2. The first-order valence-electron chi connectivity index (χ1n) is 17.9. The largest absolute Gasteiger partial charge is 0.256 e. The molecule has 0 atom stereocenters. The summed E-state index contributed by atoms with van der Waals surface area (Å²) in [6, 6.07) is 51.2. The molecular weight excluding hydrogens is 603 g/mol. The number of fused-ring (bicyclic) bond motifs is 3. The van der Waals surface area contributed by atoms with Crippen LogP contribution in [0.5, 0.6) is 0 Å². The summed E-state index contributed by atoms with van der Waals surface area (Å²) in [7, 11) is 0. The molecule has 0 aliphatic carbocycles. The Labute approximate surface area is 296 Å². The molecule has 0 amide bonds. The van der Waals surface area contributed by atoms with Gasteiger partial charge < -0.3 is 0 Å². The van der Waals surface area contributed by atoms with Crippen molar-refractivity contribution >= 4 is 38.4 Å². The Morgan fingerprint density at radius 2 is 1.10 bits per heavy atom. The molecule has 0 radical (unpaired) electrons. The van der Waals surface area contributed by atoms with Crippen LogP contribution in [0, 0.1) is 6.92 Å². The molecule has 1 nitrogen and oxygen atoms in total. The van der Waals surface area contributed by atoms with Crippen LogP contribution in [0.2, 0.25) is 0 Å². The molecule has 50 heavy (non-hydrogen) atoms. The molecule has 0 saturated carbocycles. The van der Waals surface area contributed by atoms with Gasteiger partial charge in [-0.2, -0.15) is 0 Å². The second-order valence-corrected chi connectivity index (χ2v) is 12.6. The van der Waals surface area contributed by atoms with Crippen LogP contribution in [-0.2, 0) is 6.42 Å². The van der Waals surface area contributed by atoms with Crippen molar-refractivity contribution < 1.29 is 0 Å². The summed E-state index contributed by atoms with van der Waals surface area (Å²) in [5, 5.41) is 7.74. The smallest absolute Gasteiger partial charge is 0.0714 e. The third-order valence-corrected chi connectivity index (χ3v) is 9.80. The number of allylic oxidation sites excluding steroid dienone is 1. The molecule has 0 fully saturated rings. The first-order chi connectivity index (χ1) is 24.7. The van der Waals surface area contributed by atoms with E-state index in [2.05, 4.69) is 172 Å². The van der Waals surface area contributed by atoms with Crippen molar-refractivity contribution in [3.05, 3.63) is 168 Å². The van der Waals surface area contributed by atoms with Gasteiger partial charge in [0.15, 0.2) is 0 Å². The minimum atomic E-state index is 0.987. The van der Waals surface area contributed by atoms with Crippen LogP contribution in [0.3, 0.4) is 0 Å². The summed E-state index contributed by atoms with van der Waals surface area (Å²) < 4.78 is 0. The van der Waals surface area contributed by atoms with Crippen molar-refractivity contribution in [3.8, 4) is 44.6 Å². The maximum Gasteiger partial charge on any atom is 0.0714 e. The van der Waals surface area contributed by atoms with E-state index in [9.17, 15) is 0 Å². The SMILES string of the molecule is C/C=C\c1c(C)cccc1-c1cc(-c2ccc(-c3c4ccccc4c(-c4ccc(CC)c5ccccc45)c4ccccc34)cc2)ccn1.CC. The minimum absolute atomic E-state index is 0.987. The first kappa shape index (κ1) is 32.7. The molecule has 1 aromatic heterocycles. The normalized spacial score (nSPS) is 11.3. The van der Waals surface area contributed by atoms with Crippen molar-refractivity contribution in [2.45, 2.75) is 41.0 Å². The fourth-order valence-corrected chi connectivity index (χ4v) is 7.50. The molecular formula is C49H43N. The van der Waals surface area contributed by atoms with Gasteiger partial charge in [0.05, 0.1) is 5.69 Å². The number of pyridine rings is 1. The van der Waals surface area contributed by atoms with E-state index in [0.29, 0.717) is 0 Å². The number of hydrogen-bond acceptors (Lipinski definition) is 1. The number of hydrogen-bond donors (Lipinski definition) is 0. The molecule has 0 aliphatic rings. The quantitative estimate of drug-likeness (QED) is 0.164. The zero-order valence-electron chi connectivity index (χ0n) is 29.7. The second-order valence-electron chi connectivity index (χ2n) is 12.6. The minimum Gasteiger partial charge on any atom is -0.256 e. The Morgan fingerprint density at radius 1 is 0.520 bits per heavy atom. The molecule has 0 spiro atoms. The van der Waals surface area contributed by atoms with Gasteiger partial charge in [-0.15, -0.1) is 0 Å². The van der Waals surface area contributed by atoms with Crippen molar-refractivity contribution in [2.75, 3.05) is 0 Å². The van der Waals surface area contributed by atoms with Crippen LogP contribution in [-0.4, -0.2) is 4.98 Å². The lowest BCUT2D eigenvalue weighted by molar-refractivity contribution is 1.16. The Kier molecular flexibility index (Phi) is 9.41. The maximum atomic E-state index is 4.78. The van der Waals surface area contributed by atoms with E-state index in [0.717, 1.165) is 23.2 Å². The number of aromatic nitrogens is 1. The first-order valence-corrected chi connectivity index (χ1v) is 17.9. The Bertz CT molecular complexity index is 2440. The van der Waals surface area contributed by atoms with E-state index in [1.165, 1.54) is 76.8 Å². The predicted molar refractivity (Wildman–Crippen MR) is 219 cm³/mol. The third-order valence-electron chi connectivity index (χ3n) is 9.80. The van der Waals surface area contributed by atoms with Gasteiger partial charge in [-0.05, 0) is 115 Å². The molecule has 244 valence electrons. The van der Waals surface area contributed by atoms with E-state index in [1.54, 1.807) is 0 Å². The molecule has 0 unspecified atom stereocenters. The van der Waals surface area contributed by atoms with Crippen molar-refractivity contribution in [1.29, 1.82) is 0 Å². The summed E-state index contributed by atoms with van der Waals surface area (Å²) in [5.41, 5.74) is 13.4. The molecule has 0 N–H and O–H groups in total. The fraction of sp³-hybridized carbons (Fsp3) is 0.122. The van der Waals surface area contributed by atoms with Crippen LogP contribution in [0.4, 0.5) is 0 Å². The highest BCUT2D eigenvalue weighted by molar-refractivity contribution is 6.23. The van der Waals surface area contributed by atoms with Gasteiger partial charge in [0, 0.05) is 11.8 Å². The lowest BCUT2D eigenvalue weighted by Crippen LogP contribution is -1.93. The number of nitrogens with zero attached hydrogens (tertiary/aromatic N) is 1. The average molecular weight is 646 g/mol. The molecule has 7 aromatic carbocycles. The van der Waals surface area contributed by atoms with Gasteiger partial charge in [-0.3, -0.25) is 4.98 Å². The standard InChI is InChI=1S/C47H37N.C2H6/c1-4-13-36-31(3)14-12-21-39(36)45-30-35(28-29-48-45)33-22-24-34(25-23-33)46-40-17-8-10-19-42(40)47(43-20-11-9-18-41(43)46)44-27-26-32(5-2)37-15-6-7-16-38(37)44;1-2/h4,6-30H,5H2,1-3H3;1-2H3/b13-4-;. The lowest BCUT2D eigenvalue weighted by Gasteiger charge is -2.19. The van der Waals surface area contributed by atoms with Gasteiger partial charge in [0.25, 0.3) is 0 Å². The molecule has 8 aromatic rings. The Morgan fingerprint density at radius 3 is 1.72 bits per heavy atom. The molecule has 1 heteroatoms. The molecule has 1 heterocycles. The van der Waals surface area contributed by atoms with Crippen LogP contribution >= 0.6 is 0 Å². The maximum absolute atomic E-state index is 4.78. The van der Waals surface area contributed by atoms with E-state index >= 15 is 0 Å². The zero-order chi connectivity index (χ0) is 34.6. The van der Waals surface area contributed by atoms with Gasteiger partial charge in [0.2, 0.25) is 0 Å². The van der Waals surface area contributed by atoms with Crippen LogP contribution < -0.4 is 0 Å². The van der Waals surface area contributed by atoms with E-state index in [1.807, 2.05) is 20.0 Å². The van der Waals surface area contributed by atoms with Gasteiger partial charge in [-0.25, -0.2) is 0 Å². The summed E-state index contributed by atoms with van der Waals surface area (Å²) in [4.78, 5) is 4.78. The van der Waals surface area contributed by atoms with Crippen LogP contribution in [0.1, 0.15) is 44.4 Å². The topological polar surface area (TPSA) is 12.9 Å². The summed E-state index contributed by atoms with van der Waals surface area (Å²) >= 11 is 0. The highest BCUT2D eigenvalue weighted by Gasteiger charge is 2.18. The zero-order valence-corrected chi connectivity index (χ0v) is 29.7. The van der Waals surface area contributed by atoms with Crippen molar-refractivity contribution in [1.82, 2.24) is 4.98 Å². The highest BCUT2D eigenvalue weighted by Crippen LogP contribution is 2.45. The van der Waals surface area contributed by atoms with Crippen LogP contribution in [0.15, 0.2) is 152 Å². The van der Waals surface area contributed by atoms with Crippen molar-refractivity contribution in [2.24, 2.45) is 0 Å². The second kappa shape index (κ2) is 14.4. The van der Waals surface area contributed by atoms with E-state index < -0.39 is 0 Å². The van der Waals surface area contributed by atoms with Gasteiger partial charge >= 0.3 is 0 Å². The van der Waals surface area contributed by atoms with Gasteiger partial charge in [0.1, 0.15) is 0 Å². The Hall–Kier alpha value is -5.79. The van der Waals surface area contributed by atoms with Crippen LogP contribution in [0.25, 0.3) is 83.0 Å².